The lowest BCUT2D eigenvalue weighted by Crippen LogP contribution is -2.36. The van der Waals surface area contributed by atoms with Gasteiger partial charge in [0, 0.05) is 19.2 Å². The topological polar surface area (TPSA) is 75.0 Å². The Bertz CT molecular complexity index is 481. The number of nitrogens with zero attached hydrogens (tertiary/aromatic N) is 2. The monoisotopic (exact) mass is 248 g/mol. The summed E-state index contributed by atoms with van der Waals surface area (Å²) in [6, 6.07) is 1.57. The Balaban J connectivity index is 2.06. The Morgan fingerprint density at radius 2 is 2.22 bits per heavy atom. The van der Waals surface area contributed by atoms with E-state index in [1.54, 1.807) is 6.07 Å². The molecule has 1 aliphatic rings. The molecule has 0 fully saturated rings. The van der Waals surface area contributed by atoms with Crippen LogP contribution >= 0.6 is 0 Å². The van der Waals surface area contributed by atoms with Gasteiger partial charge in [0.1, 0.15) is 11.5 Å². The molecule has 5 nitrogen and oxygen atoms in total. The van der Waals surface area contributed by atoms with Crippen LogP contribution in [0, 0.1) is 5.41 Å². The highest BCUT2D eigenvalue weighted by molar-refractivity contribution is 5.93. The summed E-state index contributed by atoms with van der Waals surface area (Å²) < 4.78 is 0. The number of carbonyl (C=O) groups is 1. The van der Waals surface area contributed by atoms with E-state index in [0.717, 1.165) is 13.0 Å². The van der Waals surface area contributed by atoms with E-state index >= 15 is 0 Å². The lowest BCUT2D eigenvalue weighted by molar-refractivity contribution is 0.0759. The van der Waals surface area contributed by atoms with Crippen LogP contribution in [0.15, 0.2) is 17.7 Å². The van der Waals surface area contributed by atoms with Crippen LogP contribution in [0.25, 0.3) is 0 Å². The van der Waals surface area contributed by atoms with Gasteiger partial charge < -0.3 is 10.6 Å². The number of H-pyrrole nitrogens is 1. The van der Waals surface area contributed by atoms with Gasteiger partial charge in [0.2, 0.25) is 0 Å². The smallest absolute Gasteiger partial charge is 0.272 e. The van der Waals surface area contributed by atoms with Gasteiger partial charge in [-0.05, 0) is 11.8 Å². The van der Waals surface area contributed by atoms with Crippen molar-refractivity contribution in [3.05, 3.63) is 23.4 Å². The van der Waals surface area contributed by atoms with Gasteiger partial charge >= 0.3 is 0 Å². The first-order valence-corrected chi connectivity index (χ1v) is 6.17. The number of anilines is 1. The molecule has 0 saturated heterocycles. The molecule has 0 saturated carbocycles. The number of carbonyl (C=O) groups excluding carboxylic acids is 1. The summed E-state index contributed by atoms with van der Waals surface area (Å²) in [4.78, 5) is 13.9. The van der Waals surface area contributed by atoms with Gasteiger partial charge in [0.25, 0.3) is 5.91 Å². The number of aromatic nitrogens is 2. The average Bonchev–Trinajstić information content (AvgIpc) is 2.74. The quantitative estimate of drug-likeness (QED) is 0.744. The Morgan fingerprint density at radius 3 is 2.67 bits per heavy atom. The molecule has 0 unspecified atom stereocenters. The summed E-state index contributed by atoms with van der Waals surface area (Å²) in [5.41, 5.74) is 7.56. The van der Waals surface area contributed by atoms with Gasteiger partial charge in [0.05, 0.1) is 0 Å². The molecule has 5 heteroatoms. The molecule has 0 radical (unpaired) electrons. The van der Waals surface area contributed by atoms with Gasteiger partial charge in [-0.15, -0.1) is 0 Å². The van der Waals surface area contributed by atoms with Crippen molar-refractivity contribution in [1.82, 2.24) is 15.1 Å². The zero-order valence-corrected chi connectivity index (χ0v) is 11.2. The van der Waals surface area contributed by atoms with Gasteiger partial charge in [-0.2, -0.15) is 5.10 Å². The third-order valence-corrected chi connectivity index (χ3v) is 3.29. The van der Waals surface area contributed by atoms with Crippen LogP contribution in [-0.4, -0.2) is 34.1 Å². The fourth-order valence-electron chi connectivity index (χ4n) is 2.15. The van der Waals surface area contributed by atoms with E-state index in [9.17, 15) is 4.79 Å². The lowest BCUT2D eigenvalue weighted by Gasteiger charge is -2.31. The van der Waals surface area contributed by atoms with Crippen molar-refractivity contribution in [3.8, 4) is 0 Å². The van der Waals surface area contributed by atoms with Gasteiger partial charge in [-0.25, -0.2) is 0 Å². The Morgan fingerprint density at radius 1 is 1.50 bits per heavy atom. The summed E-state index contributed by atoms with van der Waals surface area (Å²) in [6.07, 6.45) is 3.08. The van der Waals surface area contributed by atoms with Crippen molar-refractivity contribution in [2.45, 2.75) is 27.2 Å². The maximum Gasteiger partial charge on any atom is 0.272 e. The van der Waals surface area contributed by atoms with E-state index < -0.39 is 0 Å². The number of rotatable bonds is 1. The molecule has 0 aliphatic carbocycles. The molecular weight excluding hydrogens is 228 g/mol. The molecule has 18 heavy (non-hydrogen) atoms. The molecular formula is C13H20N4O. The number of hydrogen-bond donors (Lipinski definition) is 2. The highest BCUT2D eigenvalue weighted by atomic mass is 16.2. The van der Waals surface area contributed by atoms with E-state index in [-0.39, 0.29) is 11.3 Å². The van der Waals surface area contributed by atoms with Crippen LogP contribution in [0.1, 0.15) is 37.7 Å². The Labute approximate surface area is 107 Å². The van der Waals surface area contributed by atoms with Crippen molar-refractivity contribution in [3.63, 3.8) is 0 Å². The fourth-order valence-corrected chi connectivity index (χ4v) is 2.15. The Kier molecular flexibility index (Phi) is 3.15. The summed E-state index contributed by atoms with van der Waals surface area (Å²) in [7, 11) is 0. The maximum absolute atomic E-state index is 12.1. The average molecular weight is 248 g/mol. The molecule has 0 bridgehead atoms. The number of hydrogen-bond acceptors (Lipinski definition) is 3. The van der Waals surface area contributed by atoms with Gasteiger partial charge in [-0.1, -0.05) is 32.4 Å². The first-order valence-electron chi connectivity index (χ1n) is 6.17. The summed E-state index contributed by atoms with van der Waals surface area (Å²) >= 11 is 0. The normalized spacial score (nSPS) is 16.6. The van der Waals surface area contributed by atoms with Crippen LogP contribution in [0.4, 0.5) is 5.82 Å². The number of nitrogens with one attached hydrogen (secondary N) is 1. The number of nitrogens with two attached hydrogens (primary N) is 1. The van der Waals surface area contributed by atoms with Crippen molar-refractivity contribution in [2.24, 2.45) is 5.41 Å². The minimum absolute atomic E-state index is 0.0385. The molecule has 2 rings (SSSR count). The van der Waals surface area contributed by atoms with E-state index in [1.807, 2.05) is 4.90 Å². The fraction of sp³-hybridized carbons (Fsp3) is 0.538. The lowest BCUT2D eigenvalue weighted by atomic mass is 9.83. The van der Waals surface area contributed by atoms with Crippen molar-refractivity contribution < 1.29 is 4.79 Å². The third-order valence-electron chi connectivity index (χ3n) is 3.29. The Hall–Kier alpha value is -1.78. The minimum Gasteiger partial charge on any atom is -0.382 e. The second kappa shape index (κ2) is 4.48. The van der Waals surface area contributed by atoms with Crippen LogP contribution in [0.5, 0.6) is 0 Å². The van der Waals surface area contributed by atoms with Crippen LogP contribution in [0.3, 0.4) is 0 Å². The number of amides is 1. The highest BCUT2D eigenvalue weighted by Gasteiger charge is 2.24. The van der Waals surface area contributed by atoms with Crippen molar-refractivity contribution in [2.75, 3.05) is 18.8 Å². The molecule has 0 aromatic carbocycles. The largest absolute Gasteiger partial charge is 0.382 e. The van der Waals surface area contributed by atoms with Gasteiger partial charge in [0.15, 0.2) is 0 Å². The standard InChI is InChI=1S/C13H20N4O/c1-13(2,3)9-4-6-17(7-5-9)12(18)10-8-11(14)16-15-10/h4,8H,5-7H2,1-3H3,(H3,14,15,16). The van der Waals surface area contributed by atoms with Crippen molar-refractivity contribution >= 4 is 11.7 Å². The molecule has 0 atom stereocenters. The molecule has 1 aromatic heterocycles. The van der Waals surface area contributed by atoms with E-state index in [2.05, 4.69) is 37.0 Å². The predicted molar refractivity (Wildman–Crippen MR) is 71.1 cm³/mol. The minimum atomic E-state index is -0.0385. The second-order valence-electron chi connectivity index (χ2n) is 5.69. The predicted octanol–water partition coefficient (Wildman–Crippen LogP) is 1.81. The molecule has 98 valence electrons. The third kappa shape index (κ3) is 2.55. The molecule has 1 amide bonds. The van der Waals surface area contributed by atoms with Crippen molar-refractivity contribution in [1.29, 1.82) is 0 Å². The molecule has 0 spiro atoms. The van der Waals surface area contributed by atoms with Crippen LogP contribution < -0.4 is 5.73 Å². The van der Waals surface area contributed by atoms with Crippen LogP contribution in [0.2, 0.25) is 0 Å². The van der Waals surface area contributed by atoms with E-state index in [4.69, 9.17) is 5.73 Å². The van der Waals surface area contributed by atoms with E-state index in [0.29, 0.717) is 18.1 Å². The van der Waals surface area contributed by atoms with E-state index in [1.165, 1.54) is 5.57 Å². The first-order chi connectivity index (χ1) is 8.38. The molecule has 1 aliphatic heterocycles. The van der Waals surface area contributed by atoms with Gasteiger partial charge in [-0.3, -0.25) is 9.89 Å². The summed E-state index contributed by atoms with van der Waals surface area (Å²) in [5.74, 6) is 0.310. The highest BCUT2D eigenvalue weighted by Crippen LogP contribution is 2.30. The molecule has 2 heterocycles. The first kappa shape index (κ1) is 12.7. The number of nitrogen functional groups attached to an aromatic ring is 1. The molecule has 3 N–H and O–H groups in total. The summed E-state index contributed by atoms with van der Waals surface area (Å²) in [6.45, 7) is 8.01. The SMILES string of the molecule is CC(C)(C)C1=CCN(C(=O)c2cc(N)n[nH]2)CC1. The maximum atomic E-state index is 12.1. The molecule has 1 aromatic rings. The summed E-state index contributed by atoms with van der Waals surface area (Å²) in [5, 5.41) is 6.43. The zero-order valence-electron chi connectivity index (χ0n) is 11.2. The number of aromatic amines is 1. The second-order valence-corrected chi connectivity index (χ2v) is 5.69. The zero-order chi connectivity index (χ0) is 13.3. The van der Waals surface area contributed by atoms with Crippen LogP contribution in [-0.2, 0) is 0 Å².